The molecule has 4 nitrogen and oxygen atoms in total. The van der Waals surface area contributed by atoms with Gasteiger partial charge in [0.05, 0.1) is 6.54 Å². The minimum Gasteiger partial charge on any atom is -0.342 e. The minimum absolute atomic E-state index is 0.0224. The van der Waals surface area contributed by atoms with Gasteiger partial charge in [0.2, 0.25) is 11.8 Å². The van der Waals surface area contributed by atoms with Crippen molar-refractivity contribution in [3.8, 4) is 0 Å². The molecule has 1 fully saturated rings. The highest BCUT2D eigenvalue weighted by molar-refractivity contribution is 7.09. The molecule has 1 aliphatic heterocycles. The summed E-state index contributed by atoms with van der Waals surface area (Å²) in [5.74, 6) is 0.0742. The quantitative estimate of drug-likeness (QED) is 0.933. The third-order valence-electron chi connectivity index (χ3n) is 3.82. The second-order valence-electron chi connectivity index (χ2n) is 7.04. The molecule has 1 saturated heterocycles. The summed E-state index contributed by atoms with van der Waals surface area (Å²) < 4.78 is 0. The number of carbonyl (C=O) groups excluding carboxylic acids is 2. The number of hydrogen-bond donors (Lipinski definition) is 1. The fourth-order valence-corrected chi connectivity index (χ4v) is 3.43. The Morgan fingerprint density at radius 2 is 2.00 bits per heavy atom. The lowest BCUT2D eigenvalue weighted by molar-refractivity contribution is -0.155. The van der Waals surface area contributed by atoms with E-state index in [2.05, 4.69) is 5.32 Å². The maximum absolute atomic E-state index is 12.9. The van der Waals surface area contributed by atoms with E-state index in [4.69, 9.17) is 0 Å². The highest BCUT2D eigenvalue weighted by Gasteiger charge is 2.46. The molecule has 2 atom stereocenters. The summed E-state index contributed by atoms with van der Waals surface area (Å²) in [6.45, 7) is 10.4. The molecule has 2 unspecified atom stereocenters. The largest absolute Gasteiger partial charge is 0.342 e. The molecular formula is C16H24N2O2S. The van der Waals surface area contributed by atoms with Crippen LogP contribution >= 0.6 is 11.3 Å². The van der Waals surface area contributed by atoms with Crippen molar-refractivity contribution < 1.29 is 9.59 Å². The van der Waals surface area contributed by atoms with Gasteiger partial charge in [0.1, 0.15) is 12.1 Å². The van der Waals surface area contributed by atoms with Crippen LogP contribution in [0.1, 0.15) is 39.5 Å². The highest BCUT2D eigenvalue weighted by atomic mass is 32.1. The van der Waals surface area contributed by atoms with Crippen LogP contribution in [0.2, 0.25) is 0 Å². The van der Waals surface area contributed by atoms with Crippen molar-refractivity contribution in [2.24, 2.45) is 11.3 Å². The van der Waals surface area contributed by atoms with Gasteiger partial charge in [0.15, 0.2) is 0 Å². The summed E-state index contributed by atoms with van der Waals surface area (Å²) in [4.78, 5) is 28.2. The molecule has 0 radical (unpaired) electrons. The van der Waals surface area contributed by atoms with Crippen LogP contribution in [0, 0.1) is 11.3 Å². The molecule has 2 heterocycles. The summed E-state index contributed by atoms with van der Waals surface area (Å²) in [6.07, 6.45) is 0. The van der Waals surface area contributed by atoms with Crippen LogP contribution < -0.4 is 5.32 Å². The van der Waals surface area contributed by atoms with Crippen molar-refractivity contribution in [1.29, 1.82) is 0 Å². The molecule has 21 heavy (non-hydrogen) atoms. The van der Waals surface area contributed by atoms with Gasteiger partial charge in [0, 0.05) is 4.88 Å². The Morgan fingerprint density at radius 3 is 2.48 bits per heavy atom. The average molecular weight is 308 g/mol. The molecule has 116 valence electrons. The van der Waals surface area contributed by atoms with Crippen molar-refractivity contribution in [3.63, 3.8) is 0 Å². The zero-order chi connectivity index (χ0) is 15.8. The number of rotatable bonds is 3. The highest BCUT2D eigenvalue weighted by Crippen LogP contribution is 2.29. The normalized spacial score (nSPS) is 23.6. The number of amides is 2. The molecule has 1 aromatic rings. The Bertz CT molecular complexity index is 517. The Hall–Kier alpha value is -1.36. The second kappa shape index (κ2) is 5.79. The van der Waals surface area contributed by atoms with E-state index in [1.807, 2.05) is 52.1 Å². The van der Waals surface area contributed by atoms with Crippen molar-refractivity contribution in [1.82, 2.24) is 10.2 Å². The van der Waals surface area contributed by atoms with Crippen LogP contribution in [-0.4, -0.2) is 28.8 Å². The molecular weight excluding hydrogens is 284 g/mol. The van der Waals surface area contributed by atoms with Crippen LogP contribution in [0.5, 0.6) is 0 Å². The molecule has 5 heteroatoms. The van der Waals surface area contributed by atoms with Crippen LogP contribution in [0.3, 0.4) is 0 Å². The SMILES string of the molecule is CC(C)C1C(=O)NC(C(C)(C)C)C(=O)N1Cc1cccs1. The summed E-state index contributed by atoms with van der Waals surface area (Å²) in [6, 6.07) is 3.13. The first-order valence-corrected chi connectivity index (χ1v) is 8.23. The first-order chi connectivity index (χ1) is 9.71. The minimum atomic E-state index is -0.458. The Kier molecular flexibility index (Phi) is 4.42. The summed E-state index contributed by atoms with van der Waals surface area (Å²) in [5, 5.41) is 4.92. The summed E-state index contributed by atoms with van der Waals surface area (Å²) in [5.41, 5.74) is -0.289. The van der Waals surface area contributed by atoms with Gasteiger partial charge in [-0.05, 0) is 22.8 Å². The zero-order valence-electron chi connectivity index (χ0n) is 13.3. The lowest BCUT2D eigenvalue weighted by Gasteiger charge is -2.44. The van der Waals surface area contributed by atoms with E-state index in [0.29, 0.717) is 6.54 Å². The van der Waals surface area contributed by atoms with E-state index in [1.54, 1.807) is 16.2 Å². The van der Waals surface area contributed by atoms with E-state index in [9.17, 15) is 9.59 Å². The van der Waals surface area contributed by atoms with E-state index in [1.165, 1.54) is 0 Å². The van der Waals surface area contributed by atoms with Gasteiger partial charge in [-0.3, -0.25) is 9.59 Å². The van der Waals surface area contributed by atoms with Gasteiger partial charge < -0.3 is 10.2 Å². The zero-order valence-corrected chi connectivity index (χ0v) is 14.2. The Balaban J connectivity index is 2.33. The predicted molar refractivity (Wildman–Crippen MR) is 84.9 cm³/mol. The third-order valence-corrected chi connectivity index (χ3v) is 4.69. The molecule has 0 aliphatic carbocycles. The lowest BCUT2D eigenvalue weighted by atomic mass is 9.82. The van der Waals surface area contributed by atoms with Crippen LogP contribution in [0.25, 0.3) is 0 Å². The number of carbonyl (C=O) groups is 2. The van der Waals surface area contributed by atoms with Gasteiger partial charge in [-0.25, -0.2) is 0 Å². The smallest absolute Gasteiger partial charge is 0.246 e. The van der Waals surface area contributed by atoms with Crippen molar-refractivity contribution in [2.45, 2.75) is 53.2 Å². The monoisotopic (exact) mass is 308 g/mol. The van der Waals surface area contributed by atoms with E-state index >= 15 is 0 Å². The van der Waals surface area contributed by atoms with E-state index in [0.717, 1.165) is 4.88 Å². The second-order valence-corrected chi connectivity index (χ2v) is 8.07. The van der Waals surface area contributed by atoms with Crippen molar-refractivity contribution >= 4 is 23.2 Å². The van der Waals surface area contributed by atoms with Gasteiger partial charge in [-0.2, -0.15) is 0 Å². The maximum atomic E-state index is 12.9. The van der Waals surface area contributed by atoms with Gasteiger partial charge in [-0.1, -0.05) is 40.7 Å². The van der Waals surface area contributed by atoms with Crippen molar-refractivity contribution in [2.75, 3.05) is 0 Å². The molecule has 0 bridgehead atoms. The Morgan fingerprint density at radius 1 is 1.33 bits per heavy atom. The maximum Gasteiger partial charge on any atom is 0.246 e. The standard InChI is InChI=1S/C16H24N2O2S/c1-10(2)12-14(19)17-13(16(3,4)5)15(20)18(12)9-11-7-6-8-21-11/h6-8,10,12-13H,9H2,1-5H3,(H,17,19). The van der Waals surface area contributed by atoms with Gasteiger partial charge >= 0.3 is 0 Å². The average Bonchev–Trinajstić information content (AvgIpc) is 2.84. The van der Waals surface area contributed by atoms with Gasteiger partial charge in [0.25, 0.3) is 0 Å². The summed E-state index contributed by atoms with van der Waals surface area (Å²) in [7, 11) is 0. The van der Waals surface area contributed by atoms with Crippen LogP contribution in [-0.2, 0) is 16.1 Å². The Labute approximate surface area is 130 Å². The van der Waals surface area contributed by atoms with Gasteiger partial charge in [-0.15, -0.1) is 11.3 Å². The third kappa shape index (κ3) is 3.28. The number of hydrogen-bond acceptors (Lipinski definition) is 3. The molecule has 0 saturated carbocycles. The van der Waals surface area contributed by atoms with Crippen LogP contribution in [0.4, 0.5) is 0 Å². The first-order valence-electron chi connectivity index (χ1n) is 7.35. The van der Waals surface area contributed by atoms with Crippen molar-refractivity contribution in [3.05, 3.63) is 22.4 Å². The van der Waals surface area contributed by atoms with Crippen LogP contribution in [0.15, 0.2) is 17.5 Å². The van der Waals surface area contributed by atoms with E-state index in [-0.39, 0.29) is 23.1 Å². The first kappa shape index (κ1) is 16.0. The molecule has 0 aromatic carbocycles. The molecule has 1 aliphatic rings. The number of piperazine rings is 1. The topological polar surface area (TPSA) is 49.4 Å². The molecule has 1 aromatic heterocycles. The number of thiophene rings is 1. The number of nitrogens with zero attached hydrogens (tertiary/aromatic N) is 1. The predicted octanol–water partition coefficient (Wildman–Crippen LogP) is 2.65. The van der Waals surface area contributed by atoms with E-state index < -0.39 is 12.1 Å². The molecule has 0 spiro atoms. The summed E-state index contributed by atoms with van der Waals surface area (Å²) >= 11 is 1.62. The molecule has 1 N–H and O–H groups in total. The fraction of sp³-hybridized carbons (Fsp3) is 0.625. The fourth-order valence-electron chi connectivity index (χ4n) is 2.73. The lowest BCUT2D eigenvalue weighted by Crippen LogP contribution is -2.67. The molecule has 2 rings (SSSR count). The number of nitrogens with one attached hydrogen (secondary N) is 1. The molecule has 2 amide bonds.